The zero-order valence-electron chi connectivity index (χ0n) is 9.08. The minimum atomic E-state index is 1.24. The van der Waals surface area contributed by atoms with E-state index < -0.39 is 0 Å². The fraction of sp³-hybridized carbons (Fsp3) is 0.455. The molecule has 0 fully saturated rings. The molecular weight excluding hydrogens is 139 g/mol. The third kappa shape index (κ3) is 3.05. The van der Waals surface area contributed by atoms with Gasteiger partial charge in [0, 0.05) is 0 Å². The molecule has 1 aromatic carbocycles. The van der Waals surface area contributed by atoms with E-state index in [2.05, 4.69) is 39.8 Å². The summed E-state index contributed by atoms with van der Waals surface area (Å²) < 4.78 is 0. The summed E-state index contributed by atoms with van der Waals surface area (Å²) in [6, 6.07) is 5.45. The normalized spacial score (nSPS) is 8.92. The molecule has 0 N–H and O–H groups in total. The Labute approximate surface area is 85.6 Å². The Kier molecular flexibility index (Phi) is 5.38. The van der Waals surface area contributed by atoms with Crippen LogP contribution in [0.15, 0.2) is 6.07 Å². The first-order chi connectivity index (χ1) is 5.61. The van der Waals surface area contributed by atoms with E-state index in [9.17, 15) is 0 Å². The predicted octanol–water partition coefficient (Wildman–Crippen LogP) is 2.92. The standard InChI is InChI=1S/C10H13.CH3.Li/c1-7-5-8(2)10(4)9(3)6-7;;/h5H,1-4H3;1H3;. The Bertz CT molecular complexity index is 228. The average Bonchev–Trinajstić information content (AvgIpc) is 2.04. The molecule has 0 nitrogen and oxygen atoms in total. The van der Waals surface area contributed by atoms with Gasteiger partial charge in [0.1, 0.15) is 0 Å². The van der Waals surface area contributed by atoms with Crippen LogP contribution in [0.4, 0.5) is 0 Å². The Morgan fingerprint density at radius 1 is 1.08 bits per heavy atom. The molecule has 1 rings (SSSR count). The van der Waals surface area contributed by atoms with E-state index >= 15 is 0 Å². The third-order valence-corrected chi connectivity index (χ3v) is 1.97. The topological polar surface area (TPSA) is 0 Å². The van der Waals surface area contributed by atoms with Crippen LogP contribution >= 0.6 is 0 Å². The molecule has 0 saturated carbocycles. The van der Waals surface area contributed by atoms with Crippen LogP contribution in [0.1, 0.15) is 22.3 Å². The van der Waals surface area contributed by atoms with Crippen molar-refractivity contribution in [2.24, 2.45) is 0 Å². The molecule has 0 spiro atoms. The van der Waals surface area contributed by atoms with Crippen molar-refractivity contribution in [3.05, 3.63) is 34.4 Å². The summed E-state index contributed by atoms with van der Waals surface area (Å²) in [6.07, 6.45) is 0. The van der Waals surface area contributed by atoms with Gasteiger partial charge >= 0.3 is 23.3 Å². The Balaban J connectivity index is 0.000000561. The molecule has 0 bridgehead atoms. The number of hydrogen-bond donors (Lipinski definition) is 0. The van der Waals surface area contributed by atoms with Crippen LogP contribution in [0.2, 0.25) is 5.60 Å². The van der Waals surface area contributed by atoms with Crippen LogP contribution in [-0.4, -0.2) is 17.7 Å². The maximum atomic E-state index is 3.28. The van der Waals surface area contributed by atoms with E-state index in [1.54, 1.807) is 0 Å². The van der Waals surface area contributed by atoms with Gasteiger partial charge < -0.3 is 0 Å². The van der Waals surface area contributed by atoms with Crippen molar-refractivity contribution in [2.45, 2.75) is 33.3 Å². The Morgan fingerprint density at radius 2 is 1.58 bits per heavy atom. The molecule has 0 saturated heterocycles. The molecule has 12 heavy (non-hydrogen) atoms. The van der Waals surface area contributed by atoms with Gasteiger partial charge in [-0.1, -0.05) is 6.07 Å². The second-order valence-corrected chi connectivity index (χ2v) is 2.89. The molecule has 1 aromatic rings. The molecule has 0 atom stereocenters. The van der Waals surface area contributed by atoms with E-state index in [4.69, 9.17) is 0 Å². The van der Waals surface area contributed by atoms with Crippen LogP contribution in [0, 0.1) is 33.8 Å². The summed E-state index contributed by atoms with van der Waals surface area (Å²) >= 11 is 2.00. The van der Waals surface area contributed by atoms with Crippen LogP contribution < -0.4 is 0 Å². The van der Waals surface area contributed by atoms with E-state index in [1.807, 2.05) is 23.3 Å². The first-order valence-electron chi connectivity index (χ1n) is 4.58. The second-order valence-electron chi connectivity index (χ2n) is 2.89. The zero-order chi connectivity index (χ0) is 9.72. The number of hydrogen-bond acceptors (Lipinski definition) is 0. The molecular formula is C11H16Li. The fourth-order valence-electron chi connectivity index (χ4n) is 1.15. The van der Waals surface area contributed by atoms with Crippen molar-refractivity contribution in [1.82, 2.24) is 0 Å². The van der Waals surface area contributed by atoms with Gasteiger partial charge in [-0.15, -0.1) is 0 Å². The summed E-state index contributed by atoms with van der Waals surface area (Å²) in [5.41, 5.74) is 7.25. The molecule has 0 aliphatic carbocycles. The van der Waals surface area contributed by atoms with Gasteiger partial charge in [-0.3, -0.25) is 0 Å². The van der Waals surface area contributed by atoms with Gasteiger partial charge in [-0.25, -0.2) is 0 Å². The number of aryl methyl sites for hydroxylation is 3. The van der Waals surface area contributed by atoms with Gasteiger partial charge in [0.05, 0.1) is 0 Å². The summed E-state index contributed by atoms with van der Waals surface area (Å²) in [6.45, 7) is 8.47. The van der Waals surface area contributed by atoms with Crippen LogP contribution in [0.5, 0.6) is 0 Å². The van der Waals surface area contributed by atoms with Gasteiger partial charge in [0.2, 0.25) is 0 Å². The van der Waals surface area contributed by atoms with Gasteiger partial charge in [0.25, 0.3) is 0 Å². The molecule has 61 valence electrons. The molecule has 0 aliphatic heterocycles. The summed E-state index contributed by atoms with van der Waals surface area (Å²) in [7, 11) is 0. The molecule has 0 aliphatic rings. The summed E-state index contributed by atoms with van der Waals surface area (Å²) in [5, 5.41) is 0. The maximum absolute atomic E-state index is 3.28. The summed E-state index contributed by atoms with van der Waals surface area (Å²) in [5.74, 6) is 0. The SMILES string of the molecule is Cc1[c]c(C)c(C)c(C)c1.[Li][CH3]. The van der Waals surface area contributed by atoms with Crippen molar-refractivity contribution in [3.63, 3.8) is 0 Å². The van der Waals surface area contributed by atoms with E-state index in [1.165, 1.54) is 22.3 Å². The van der Waals surface area contributed by atoms with Crippen molar-refractivity contribution >= 4 is 17.7 Å². The molecule has 1 heteroatoms. The third-order valence-electron chi connectivity index (χ3n) is 1.97. The van der Waals surface area contributed by atoms with E-state index in [0.717, 1.165) is 0 Å². The van der Waals surface area contributed by atoms with E-state index in [-0.39, 0.29) is 0 Å². The molecule has 0 aromatic heterocycles. The number of benzene rings is 1. The quantitative estimate of drug-likeness (QED) is 0.505. The molecule has 0 amide bonds. The van der Waals surface area contributed by atoms with Gasteiger partial charge in [0.15, 0.2) is 0 Å². The van der Waals surface area contributed by atoms with Crippen LogP contribution in [0.25, 0.3) is 0 Å². The monoisotopic (exact) mass is 155 g/mol. The van der Waals surface area contributed by atoms with Crippen molar-refractivity contribution < 1.29 is 0 Å². The van der Waals surface area contributed by atoms with Crippen molar-refractivity contribution in [3.8, 4) is 0 Å². The molecule has 1 radical (unpaired) electrons. The average molecular weight is 155 g/mol. The van der Waals surface area contributed by atoms with E-state index in [0.29, 0.717) is 0 Å². The Morgan fingerprint density at radius 3 is 2.00 bits per heavy atom. The van der Waals surface area contributed by atoms with Crippen molar-refractivity contribution in [1.29, 1.82) is 0 Å². The zero-order valence-corrected chi connectivity index (χ0v) is 9.08. The van der Waals surface area contributed by atoms with Gasteiger partial charge in [-0.05, 0) is 56.0 Å². The summed E-state index contributed by atoms with van der Waals surface area (Å²) in [4.78, 5) is 0. The molecule has 0 unspecified atom stereocenters. The predicted molar refractivity (Wildman–Crippen MR) is 55.8 cm³/mol. The van der Waals surface area contributed by atoms with Crippen molar-refractivity contribution in [2.75, 3.05) is 0 Å². The first-order valence-corrected chi connectivity index (χ1v) is 4.58. The van der Waals surface area contributed by atoms with Crippen LogP contribution in [-0.2, 0) is 0 Å². The fourth-order valence-corrected chi connectivity index (χ4v) is 1.15. The van der Waals surface area contributed by atoms with Gasteiger partial charge in [-0.2, -0.15) is 0 Å². The van der Waals surface area contributed by atoms with Crippen LogP contribution in [0.3, 0.4) is 0 Å². The minimum absolute atomic E-state index is 1.24. The Hall–Kier alpha value is -0.183. The molecule has 0 heterocycles. The second kappa shape index (κ2) is 5.46. The first kappa shape index (κ1) is 11.8. The number of rotatable bonds is 0.